The summed E-state index contributed by atoms with van der Waals surface area (Å²) in [6.45, 7) is 5.97. The lowest BCUT2D eigenvalue weighted by molar-refractivity contribution is 0.783. The van der Waals surface area contributed by atoms with Crippen LogP contribution in [0.2, 0.25) is 0 Å². The van der Waals surface area contributed by atoms with Crippen molar-refractivity contribution in [2.45, 2.75) is 20.3 Å². The van der Waals surface area contributed by atoms with Gasteiger partial charge in [0.15, 0.2) is 5.82 Å². The molecule has 0 aliphatic heterocycles. The number of hydrogen-bond acceptors (Lipinski definition) is 4. The van der Waals surface area contributed by atoms with Gasteiger partial charge in [-0.2, -0.15) is 0 Å². The fraction of sp³-hybridized carbons (Fsp3) is 0.545. The van der Waals surface area contributed by atoms with Crippen LogP contribution in [-0.2, 0) is 0 Å². The number of halogens is 1. The van der Waals surface area contributed by atoms with Gasteiger partial charge in [0.05, 0.1) is 0 Å². The van der Waals surface area contributed by atoms with Crippen LogP contribution in [0, 0.1) is 6.92 Å². The van der Waals surface area contributed by atoms with Gasteiger partial charge in [-0.15, -0.1) is 10.2 Å². The second-order valence-corrected chi connectivity index (χ2v) is 4.61. The molecule has 0 aliphatic rings. The summed E-state index contributed by atoms with van der Waals surface area (Å²) < 4.78 is 1.97. The van der Waals surface area contributed by atoms with Crippen LogP contribution in [0.4, 0.5) is 5.82 Å². The van der Waals surface area contributed by atoms with E-state index in [1.807, 2.05) is 17.5 Å². The Labute approximate surface area is 109 Å². The van der Waals surface area contributed by atoms with Crippen molar-refractivity contribution < 1.29 is 0 Å². The molecule has 2 heterocycles. The van der Waals surface area contributed by atoms with Gasteiger partial charge in [0.1, 0.15) is 5.82 Å². The maximum absolute atomic E-state index is 4.43. The first kappa shape index (κ1) is 12.3. The first-order valence-corrected chi connectivity index (χ1v) is 6.87. The summed E-state index contributed by atoms with van der Waals surface area (Å²) in [4.78, 5) is 6.66. The number of nitrogens with zero attached hydrogens (tertiary/aromatic N) is 5. The average Bonchev–Trinajstić information content (AvgIpc) is 2.73. The topological polar surface area (TPSA) is 46.3 Å². The highest BCUT2D eigenvalue weighted by atomic mass is 79.9. The van der Waals surface area contributed by atoms with Crippen LogP contribution in [0.1, 0.15) is 19.2 Å². The maximum Gasteiger partial charge on any atom is 0.203 e. The lowest BCUT2D eigenvalue weighted by Gasteiger charge is -2.21. The van der Waals surface area contributed by atoms with Crippen LogP contribution in [0.3, 0.4) is 0 Å². The highest BCUT2D eigenvalue weighted by molar-refractivity contribution is 9.09. The van der Waals surface area contributed by atoms with Crippen LogP contribution in [0.5, 0.6) is 0 Å². The number of aromatic nitrogens is 4. The molecule has 92 valence electrons. The monoisotopic (exact) mass is 297 g/mol. The molecule has 2 aromatic rings. The molecule has 0 aromatic carbocycles. The van der Waals surface area contributed by atoms with E-state index in [9.17, 15) is 0 Å². The molecule has 0 amide bonds. The van der Waals surface area contributed by atoms with Crippen LogP contribution < -0.4 is 4.90 Å². The molecule has 0 spiro atoms. The maximum atomic E-state index is 4.43. The zero-order valence-corrected chi connectivity index (χ0v) is 11.7. The summed E-state index contributed by atoms with van der Waals surface area (Å²) >= 11 is 3.45. The Morgan fingerprint density at radius 1 is 1.41 bits per heavy atom. The van der Waals surface area contributed by atoms with Crippen molar-refractivity contribution in [1.29, 1.82) is 0 Å². The van der Waals surface area contributed by atoms with Crippen LogP contribution in [0.15, 0.2) is 12.4 Å². The largest absolute Gasteiger partial charge is 0.354 e. The third-order valence-corrected chi connectivity index (χ3v) is 3.28. The molecule has 0 aliphatic carbocycles. The van der Waals surface area contributed by atoms with E-state index in [0.717, 1.165) is 42.1 Å². The molecule has 0 radical (unpaired) electrons. The first-order valence-electron chi connectivity index (χ1n) is 5.75. The number of rotatable bonds is 5. The zero-order valence-electron chi connectivity index (χ0n) is 10.1. The molecule has 5 nitrogen and oxygen atoms in total. The lowest BCUT2D eigenvalue weighted by atomic mass is 10.4. The van der Waals surface area contributed by atoms with Gasteiger partial charge < -0.3 is 4.90 Å². The molecule has 0 fully saturated rings. The van der Waals surface area contributed by atoms with Gasteiger partial charge in [-0.25, -0.2) is 4.98 Å². The molecule has 6 heteroatoms. The van der Waals surface area contributed by atoms with Gasteiger partial charge in [0, 0.05) is 30.8 Å². The second kappa shape index (κ2) is 5.44. The van der Waals surface area contributed by atoms with Gasteiger partial charge in [-0.3, -0.25) is 4.40 Å². The summed E-state index contributed by atoms with van der Waals surface area (Å²) in [5, 5.41) is 9.28. The fourth-order valence-corrected chi connectivity index (χ4v) is 2.07. The van der Waals surface area contributed by atoms with Crippen molar-refractivity contribution in [3.63, 3.8) is 0 Å². The van der Waals surface area contributed by atoms with Gasteiger partial charge in [-0.1, -0.05) is 15.9 Å². The minimum atomic E-state index is 0.835. The SMILES string of the molecule is CCN(CCCBr)c1nccn2c(C)nnc12. The standard InChI is InChI=1S/C11H16BrN5/c1-3-16(7-4-5-12)10-11-15-14-9(2)17(11)8-6-13-10/h6,8H,3-5,7H2,1-2H3. The van der Waals surface area contributed by atoms with Gasteiger partial charge in [0.25, 0.3) is 0 Å². The Morgan fingerprint density at radius 3 is 2.94 bits per heavy atom. The summed E-state index contributed by atoms with van der Waals surface area (Å²) in [5.41, 5.74) is 0.835. The van der Waals surface area contributed by atoms with E-state index in [1.165, 1.54) is 0 Å². The molecular formula is C11H16BrN5. The van der Waals surface area contributed by atoms with E-state index < -0.39 is 0 Å². The first-order chi connectivity index (χ1) is 8.27. The molecule has 2 aromatic heterocycles. The zero-order chi connectivity index (χ0) is 12.3. The summed E-state index contributed by atoms with van der Waals surface area (Å²) in [5.74, 6) is 1.80. The van der Waals surface area contributed by atoms with Gasteiger partial charge in [0.2, 0.25) is 5.65 Å². The van der Waals surface area contributed by atoms with E-state index in [4.69, 9.17) is 0 Å². The van der Waals surface area contributed by atoms with Crippen molar-refractivity contribution in [3.05, 3.63) is 18.2 Å². The van der Waals surface area contributed by atoms with Gasteiger partial charge >= 0.3 is 0 Å². The number of fused-ring (bicyclic) bond motifs is 1. The molecule has 0 bridgehead atoms. The third kappa shape index (κ3) is 2.41. The number of alkyl halides is 1. The number of aryl methyl sites for hydroxylation is 1. The van der Waals surface area contributed by atoms with Crippen molar-refractivity contribution in [2.24, 2.45) is 0 Å². The van der Waals surface area contributed by atoms with E-state index in [-0.39, 0.29) is 0 Å². The highest BCUT2D eigenvalue weighted by Gasteiger charge is 2.13. The van der Waals surface area contributed by atoms with E-state index in [1.54, 1.807) is 6.20 Å². The van der Waals surface area contributed by atoms with E-state index in [0.29, 0.717) is 0 Å². The smallest absolute Gasteiger partial charge is 0.203 e. The molecular weight excluding hydrogens is 282 g/mol. The molecule has 17 heavy (non-hydrogen) atoms. The number of anilines is 1. The third-order valence-electron chi connectivity index (χ3n) is 2.72. The molecule has 0 N–H and O–H groups in total. The van der Waals surface area contributed by atoms with E-state index in [2.05, 4.69) is 42.9 Å². The Morgan fingerprint density at radius 2 is 2.24 bits per heavy atom. The summed E-state index contributed by atoms with van der Waals surface area (Å²) in [6.07, 6.45) is 4.78. The lowest BCUT2D eigenvalue weighted by Crippen LogP contribution is -2.25. The molecule has 0 unspecified atom stereocenters. The van der Waals surface area contributed by atoms with Crippen molar-refractivity contribution in [3.8, 4) is 0 Å². The predicted octanol–water partition coefficient (Wildman–Crippen LogP) is 2.04. The minimum absolute atomic E-state index is 0.835. The van der Waals surface area contributed by atoms with Crippen molar-refractivity contribution in [1.82, 2.24) is 19.6 Å². The summed E-state index contributed by atoms with van der Waals surface area (Å²) in [6, 6.07) is 0. The Kier molecular flexibility index (Phi) is 3.93. The van der Waals surface area contributed by atoms with Crippen LogP contribution >= 0.6 is 15.9 Å². The number of hydrogen-bond donors (Lipinski definition) is 0. The molecule has 0 saturated heterocycles. The highest BCUT2D eigenvalue weighted by Crippen LogP contribution is 2.17. The summed E-state index contributed by atoms with van der Waals surface area (Å²) in [7, 11) is 0. The predicted molar refractivity (Wildman–Crippen MR) is 71.8 cm³/mol. The Hall–Kier alpha value is -1.17. The van der Waals surface area contributed by atoms with E-state index >= 15 is 0 Å². The minimum Gasteiger partial charge on any atom is -0.354 e. The van der Waals surface area contributed by atoms with Gasteiger partial charge in [-0.05, 0) is 20.3 Å². The quantitative estimate of drug-likeness (QED) is 0.793. The van der Waals surface area contributed by atoms with Crippen molar-refractivity contribution >= 4 is 27.4 Å². The Bertz CT molecular complexity index is 496. The Balaban J connectivity index is 2.39. The normalized spacial score (nSPS) is 11.0. The molecule has 0 atom stereocenters. The molecule has 0 saturated carbocycles. The fourth-order valence-electron chi connectivity index (χ4n) is 1.82. The average molecular weight is 298 g/mol. The van der Waals surface area contributed by atoms with Crippen LogP contribution in [0.25, 0.3) is 5.65 Å². The second-order valence-electron chi connectivity index (χ2n) is 3.81. The van der Waals surface area contributed by atoms with Crippen LogP contribution in [-0.4, -0.2) is 38.0 Å². The van der Waals surface area contributed by atoms with Crippen molar-refractivity contribution in [2.75, 3.05) is 23.3 Å². The molecule has 2 rings (SSSR count).